The quantitative estimate of drug-likeness (QED) is 0.493. The van der Waals surface area contributed by atoms with E-state index in [-0.39, 0.29) is 0 Å². The normalized spacial score (nSPS) is 11.5. The maximum Gasteiger partial charge on any atom is 0.234 e. The molecule has 0 aliphatic carbocycles. The lowest BCUT2D eigenvalue weighted by atomic mass is 10.1. The van der Waals surface area contributed by atoms with Crippen LogP contribution >= 0.6 is 0 Å². The maximum atomic E-state index is 4.73. The summed E-state index contributed by atoms with van der Waals surface area (Å²) >= 11 is 0. The molecule has 7 nitrogen and oxygen atoms in total. The molecule has 4 aromatic heterocycles. The Hall–Kier alpha value is -3.61. The summed E-state index contributed by atoms with van der Waals surface area (Å²) in [6.07, 6.45) is 3.70. The van der Waals surface area contributed by atoms with E-state index >= 15 is 0 Å². The van der Waals surface area contributed by atoms with E-state index in [1.54, 1.807) is 11.0 Å². The molecule has 5 aromatic rings. The Balaban J connectivity index is 1.83. The van der Waals surface area contributed by atoms with E-state index in [4.69, 9.17) is 4.98 Å². The molecule has 0 saturated carbocycles. The van der Waals surface area contributed by atoms with Crippen molar-refractivity contribution in [2.75, 3.05) is 0 Å². The fourth-order valence-electron chi connectivity index (χ4n) is 3.19. The number of aryl methyl sites for hydroxylation is 2. The van der Waals surface area contributed by atoms with E-state index < -0.39 is 0 Å². The standard InChI is InChI=1S/C19H15N7/c1-12-5-3-6-15(21-12)17-18(26-10-4-9-20-19(26)22-17)13-7-8-14-16(11-13)24-25(2)23-14/h3-11H,1-2H3. The topological polar surface area (TPSA) is 73.8 Å². The van der Waals surface area contributed by atoms with E-state index in [2.05, 4.69) is 20.2 Å². The minimum atomic E-state index is 0.639. The second kappa shape index (κ2) is 5.45. The first-order chi connectivity index (χ1) is 12.7. The van der Waals surface area contributed by atoms with Crippen LogP contribution in [0.3, 0.4) is 0 Å². The summed E-state index contributed by atoms with van der Waals surface area (Å²) in [4.78, 5) is 15.4. The lowest BCUT2D eigenvalue weighted by Gasteiger charge is -2.05. The lowest BCUT2D eigenvalue weighted by molar-refractivity contribution is 0.665. The van der Waals surface area contributed by atoms with Crippen LogP contribution in [0.15, 0.2) is 54.9 Å². The zero-order chi connectivity index (χ0) is 17.7. The smallest absolute Gasteiger partial charge is 0.234 e. The Kier molecular flexibility index (Phi) is 3.08. The van der Waals surface area contributed by atoms with Crippen LogP contribution in [0.25, 0.3) is 39.5 Å². The van der Waals surface area contributed by atoms with Gasteiger partial charge in [0.15, 0.2) is 0 Å². The summed E-state index contributed by atoms with van der Waals surface area (Å²) in [5.41, 5.74) is 6.21. The van der Waals surface area contributed by atoms with E-state index in [1.165, 1.54) is 0 Å². The first-order valence-corrected chi connectivity index (χ1v) is 8.27. The van der Waals surface area contributed by atoms with Gasteiger partial charge in [0.25, 0.3) is 0 Å². The first-order valence-electron chi connectivity index (χ1n) is 8.27. The van der Waals surface area contributed by atoms with Crippen LogP contribution in [-0.2, 0) is 7.05 Å². The summed E-state index contributed by atoms with van der Waals surface area (Å²) in [5, 5.41) is 8.77. The number of pyridine rings is 1. The SMILES string of the molecule is Cc1cccc(-c2nc3ncccn3c2-c2ccc3nn(C)nc3c2)n1. The van der Waals surface area contributed by atoms with Crippen LogP contribution in [0.5, 0.6) is 0 Å². The third-order valence-electron chi connectivity index (χ3n) is 4.29. The minimum Gasteiger partial charge on any atom is -0.283 e. The van der Waals surface area contributed by atoms with E-state index in [1.807, 2.05) is 67.0 Å². The highest BCUT2D eigenvalue weighted by atomic mass is 15.4. The van der Waals surface area contributed by atoms with Gasteiger partial charge in [0.2, 0.25) is 5.78 Å². The van der Waals surface area contributed by atoms with E-state index in [0.29, 0.717) is 5.78 Å². The van der Waals surface area contributed by atoms with Crippen molar-refractivity contribution in [3.63, 3.8) is 0 Å². The summed E-state index contributed by atoms with van der Waals surface area (Å²) < 4.78 is 1.98. The number of hydrogen-bond acceptors (Lipinski definition) is 5. The molecule has 126 valence electrons. The van der Waals surface area contributed by atoms with Crippen molar-refractivity contribution >= 4 is 16.8 Å². The van der Waals surface area contributed by atoms with Crippen molar-refractivity contribution in [1.29, 1.82) is 0 Å². The average molecular weight is 341 g/mol. The second-order valence-electron chi connectivity index (χ2n) is 6.16. The van der Waals surface area contributed by atoms with Gasteiger partial charge in [-0.25, -0.2) is 9.97 Å². The number of aromatic nitrogens is 7. The summed E-state index contributed by atoms with van der Waals surface area (Å²) in [7, 11) is 1.82. The molecular formula is C19H15N7. The van der Waals surface area contributed by atoms with Gasteiger partial charge in [0, 0.05) is 30.7 Å². The molecule has 1 aromatic carbocycles. The van der Waals surface area contributed by atoms with Crippen molar-refractivity contribution in [2.45, 2.75) is 6.92 Å². The molecule has 0 N–H and O–H groups in total. The molecule has 4 heterocycles. The van der Waals surface area contributed by atoms with Crippen LogP contribution in [0, 0.1) is 6.92 Å². The highest BCUT2D eigenvalue weighted by Crippen LogP contribution is 2.32. The largest absolute Gasteiger partial charge is 0.283 e. The second-order valence-corrected chi connectivity index (χ2v) is 6.16. The summed E-state index contributed by atoms with van der Waals surface area (Å²) in [6.45, 7) is 1.98. The van der Waals surface area contributed by atoms with Crippen molar-refractivity contribution in [2.24, 2.45) is 7.05 Å². The molecular weight excluding hydrogens is 326 g/mol. The van der Waals surface area contributed by atoms with Crippen LogP contribution in [0.1, 0.15) is 5.69 Å². The predicted molar refractivity (Wildman–Crippen MR) is 98.5 cm³/mol. The van der Waals surface area contributed by atoms with Gasteiger partial charge in [0.1, 0.15) is 16.7 Å². The molecule has 0 radical (unpaired) electrons. The molecule has 0 amide bonds. The van der Waals surface area contributed by atoms with Crippen molar-refractivity contribution in [3.8, 4) is 22.6 Å². The summed E-state index contributed by atoms with van der Waals surface area (Å²) in [6, 6.07) is 13.9. The van der Waals surface area contributed by atoms with Crippen LogP contribution in [0.4, 0.5) is 0 Å². The minimum absolute atomic E-state index is 0.639. The Morgan fingerprint density at radius 3 is 2.69 bits per heavy atom. The number of hydrogen-bond donors (Lipinski definition) is 0. The fraction of sp³-hybridized carbons (Fsp3) is 0.105. The molecule has 0 unspecified atom stereocenters. The molecule has 0 fully saturated rings. The molecule has 26 heavy (non-hydrogen) atoms. The average Bonchev–Trinajstić information content (AvgIpc) is 3.20. The zero-order valence-electron chi connectivity index (χ0n) is 14.3. The van der Waals surface area contributed by atoms with E-state index in [9.17, 15) is 0 Å². The molecule has 0 spiro atoms. The van der Waals surface area contributed by atoms with Crippen molar-refractivity contribution in [1.82, 2.24) is 34.3 Å². The number of benzene rings is 1. The molecule has 0 bridgehead atoms. The molecule has 5 rings (SSSR count). The fourth-order valence-corrected chi connectivity index (χ4v) is 3.19. The molecule has 0 saturated heterocycles. The molecule has 7 heteroatoms. The predicted octanol–water partition coefficient (Wildman–Crippen LogP) is 3.05. The van der Waals surface area contributed by atoms with E-state index in [0.717, 1.165) is 39.4 Å². The van der Waals surface area contributed by atoms with Crippen molar-refractivity contribution in [3.05, 3.63) is 60.6 Å². The molecule has 0 atom stereocenters. The third-order valence-corrected chi connectivity index (χ3v) is 4.29. The van der Waals surface area contributed by atoms with Gasteiger partial charge in [-0.05, 0) is 37.3 Å². The van der Waals surface area contributed by atoms with Gasteiger partial charge in [-0.2, -0.15) is 15.0 Å². The third kappa shape index (κ3) is 2.25. The maximum absolute atomic E-state index is 4.73. The Morgan fingerprint density at radius 2 is 1.81 bits per heavy atom. The highest BCUT2D eigenvalue weighted by molar-refractivity contribution is 5.86. The zero-order valence-corrected chi connectivity index (χ0v) is 14.3. The number of fused-ring (bicyclic) bond motifs is 2. The first kappa shape index (κ1) is 14.7. The lowest BCUT2D eigenvalue weighted by Crippen LogP contribution is -1.92. The monoisotopic (exact) mass is 341 g/mol. The van der Waals surface area contributed by atoms with Crippen molar-refractivity contribution < 1.29 is 0 Å². The van der Waals surface area contributed by atoms with Gasteiger partial charge in [-0.1, -0.05) is 12.1 Å². The van der Waals surface area contributed by atoms with Crippen LogP contribution < -0.4 is 0 Å². The van der Waals surface area contributed by atoms with Gasteiger partial charge in [0.05, 0.1) is 11.4 Å². The molecule has 0 aliphatic heterocycles. The summed E-state index contributed by atoms with van der Waals surface area (Å²) in [5.74, 6) is 0.639. The number of rotatable bonds is 2. The number of imidazole rings is 1. The van der Waals surface area contributed by atoms with Gasteiger partial charge in [-0.15, -0.1) is 0 Å². The van der Waals surface area contributed by atoms with Crippen LogP contribution in [-0.4, -0.2) is 34.3 Å². The van der Waals surface area contributed by atoms with Gasteiger partial charge < -0.3 is 0 Å². The number of nitrogens with zero attached hydrogens (tertiary/aromatic N) is 7. The van der Waals surface area contributed by atoms with Gasteiger partial charge in [-0.3, -0.25) is 9.38 Å². The van der Waals surface area contributed by atoms with Crippen LogP contribution in [0.2, 0.25) is 0 Å². The molecule has 0 aliphatic rings. The Bertz CT molecular complexity index is 1270. The highest BCUT2D eigenvalue weighted by Gasteiger charge is 2.18. The van der Waals surface area contributed by atoms with Gasteiger partial charge >= 0.3 is 0 Å². The Morgan fingerprint density at radius 1 is 0.923 bits per heavy atom. The Labute approximate surface area is 149 Å².